The summed E-state index contributed by atoms with van der Waals surface area (Å²) in [6.07, 6.45) is 0. The number of rotatable bonds is 5. The van der Waals surface area contributed by atoms with E-state index in [0.717, 1.165) is 0 Å². The molecule has 0 heterocycles. The molecule has 3 N–H and O–H groups in total. The fourth-order valence-electron chi connectivity index (χ4n) is 1.48. The molecule has 0 spiro atoms. The highest BCUT2D eigenvalue weighted by atomic mass is 35.5. The Morgan fingerprint density at radius 2 is 2.00 bits per heavy atom. The SMILES string of the molecule is CC(CNS(=O)(=O)c1cc(C(N)=S)ccc1Cl)C(C)(C)C. The Morgan fingerprint density at radius 1 is 1.43 bits per heavy atom. The predicted octanol–water partition coefficient (Wildman–Crippen LogP) is 2.93. The molecule has 1 aromatic carbocycles. The van der Waals surface area contributed by atoms with E-state index in [1.165, 1.54) is 12.1 Å². The quantitative estimate of drug-likeness (QED) is 0.802. The Bertz CT molecular complexity index is 637. The number of nitrogens with two attached hydrogens (primary N) is 1. The van der Waals surface area contributed by atoms with Crippen molar-refractivity contribution in [3.8, 4) is 0 Å². The molecule has 1 aromatic rings. The van der Waals surface area contributed by atoms with Gasteiger partial charge in [0.1, 0.15) is 9.88 Å². The summed E-state index contributed by atoms with van der Waals surface area (Å²) >= 11 is 10.8. The van der Waals surface area contributed by atoms with Gasteiger partial charge in [-0.05, 0) is 23.5 Å². The Balaban J connectivity index is 3.03. The lowest BCUT2D eigenvalue weighted by Crippen LogP contribution is -2.34. The van der Waals surface area contributed by atoms with E-state index in [9.17, 15) is 8.42 Å². The normalized spacial score (nSPS) is 14.0. The number of hydrogen-bond donors (Lipinski definition) is 2. The molecular weight excluding hydrogens is 328 g/mol. The van der Waals surface area contributed by atoms with Crippen molar-refractivity contribution in [1.82, 2.24) is 4.72 Å². The van der Waals surface area contributed by atoms with Crippen LogP contribution in [0.3, 0.4) is 0 Å². The second-order valence-corrected chi connectivity index (χ2v) is 8.71. The molecule has 0 fully saturated rings. The van der Waals surface area contributed by atoms with Gasteiger partial charge < -0.3 is 5.73 Å². The van der Waals surface area contributed by atoms with Crippen molar-refractivity contribution in [2.24, 2.45) is 17.1 Å². The molecule has 1 rings (SSSR count). The number of sulfonamides is 1. The zero-order valence-corrected chi connectivity index (χ0v) is 15.0. The molecule has 0 aliphatic heterocycles. The Kier molecular flexibility index (Phi) is 5.77. The molecule has 7 heteroatoms. The average Bonchev–Trinajstić information content (AvgIpc) is 2.34. The molecule has 4 nitrogen and oxygen atoms in total. The summed E-state index contributed by atoms with van der Waals surface area (Å²) < 4.78 is 27.4. The summed E-state index contributed by atoms with van der Waals surface area (Å²) in [6, 6.07) is 4.48. The fraction of sp³-hybridized carbons (Fsp3) is 0.500. The van der Waals surface area contributed by atoms with Crippen LogP contribution in [0.5, 0.6) is 0 Å². The predicted molar refractivity (Wildman–Crippen MR) is 91.1 cm³/mol. The third-order valence-electron chi connectivity index (χ3n) is 3.56. The van der Waals surface area contributed by atoms with Crippen molar-refractivity contribution in [2.75, 3.05) is 6.54 Å². The van der Waals surface area contributed by atoms with E-state index in [0.29, 0.717) is 12.1 Å². The second-order valence-electron chi connectivity index (χ2n) is 6.13. The first-order valence-corrected chi connectivity index (χ1v) is 8.81. The van der Waals surface area contributed by atoms with Crippen LogP contribution in [0.25, 0.3) is 0 Å². The summed E-state index contributed by atoms with van der Waals surface area (Å²) in [7, 11) is -3.70. The molecule has 1 unspecified atom stereocenters. The minimum absolute atomic E-state index is 0.00410. The Labute approximate surface area is 137 Å². The first-order chi connectivity index (χ1) is 9.45. The van der Waals surface area contributed by atoms with Gasteiger partial charge in [0.05, 0.1) is 5.02 Å². The Hall–Kier alpha value is -0.690. The molecule has 0 saturated carbocycles. The van der Waals surface area contributed by atoms with Gasteiger partial charge in [-0.2, -0.15) is 0 Å². The number of benzene rings is 1. The number of nitrogens with one attached hydrogen (secondary N) is 1. The highest BCUT2D eigenvalue weighted by Gasteiger charge is 2.24. The van der Waals surface area contributed by atoms with Gasteiger partial charge in [-0.15, -0.1) is 0 Å². The van der Waals surface area contributed by atoms with E-state index in [1.807, 2.05) is 6.92 Å². The van der Waals surface area contributed by atoms with Crippen LogP contribution in [0.15, 0.2) is 23.1 Å². The zero-order chi connectivity index (χ0) is 16.4. The van der Waals surface area contributed by atoms with Gasteiger partial charge in [0.25, 0.3) is 0 Å². The summed E-state index contributed by atoms with van der Waals surface area (Å²) in [5, 5.41) is 0.144. The maximum Gasteiger partial charge on any atom is 0.242 e. The fourth-order valence-corrected chi connectivity index (χ4v) is 3.26. The molecule has 0 aliphatic rings. The molecule has 0 aliphatic carbocycles. The number of halogens is 1. The average molecular weight is 349 g/mol. The van der Waals surface area contributed by atoms with Crippen molar-refractivity contribution in [3.63, 3.8) is 0 Å². The monoisotopic (exact) mass is 348 g/mol. The number of thiocarbonyl (C=S) groups is 1. The summed E-state index contributed by atoms with van der Waals surface area (Å²) in [4.78, 5) is 0.127. The van der Waals surface area contributed by atoms with Crippen LogP contribution in [0.4, 0.5) is 0 Å². The van der Waals surface area contributed by atoms with Crippen molar-refractivity contribution in [3.05, 3.63) is 28.8 Å². The Morgan fingerprint density at radius 3 is 2.48 bits per heavy atom. The van der Waals surface area contributed by atoms with Crippen LogP contribution >= 0.6 is 23.8 Å². The maximum absolute atomic E-state index is 12.4. The van der Waals surface area contributed by atoms with Gasteiger partial charge in [0.2, 0.25) is 10.0 Å². The molecule has 0 amide bonds. The third-order valence-corrected chi connectivity index (χ3v) is 5.70. The lowest BCUT2D eigenvalue weighted by molar-refractivity contribution is 0.263. The highest BCUT2D eigenvalue weighted by molar-refractivity contribution is 7.89. The largest absolute Gasteiger partial charge is 0.389 e. The van der Waals surface area contributed by atoms with Gasteiger partial charge in [-0.3, -0.25) is 0 Å². The van der Waals surface area contributed by atoms with Gasteiger partial charge in [0, 0.05) is 12.1 Å². The van der Waals surface area contributed by atoms with Gasteiger partial charge in [-0.1, -0.05) is 57.6 Å². The molecule has 0 bridgehead atoms. The van der Waals surface area contributed by atoms with E-state index in [4.69, 9.17) is 29.6 Å². The maximum atomic E-state index is 12.4. The van der Waals surface area contributed by atoms with Crippen LogP contribution < -0.4 is 10.5 Å². The van der Waals surface area contributed by atoms with Crippen molar-refractivity contribution >= 4 is 38.8 Å². The van der Waals surface area contributed by atoms with Crippen LogP contribution in [-0.2, 0) is 10.0 Å². The van der Waals surface area contributed by atoms with E-state index >= 15 is 0 Å². The highest BCUT2D eigenvalue weighted by Crippen LogP contribution is 2.26. The lowest BCUT2D eigenvalue weighted by Gasteiger charge is -2.27. The second kappa shape index (κ2) is 6.60. The van der Waals surface area contributed by atoms with Crippen molar-refractivity contribution in [2.45, 2.75) is 32.6 Å². The third kappa shape index (κ3) is 4.92. The lowest BCUT2D eigenvalue weighted by atomic mass is 9.82. The molecule has 21 heavy (non-hydrogen) atoms. The zero-order valence-electron chi connectivity index (χ0n) is 12.6. The van der Waals surface area contributed by atoms with Gasteiger partial charge in [0.15, 0.2) is 0 Å². The van der Waals surface area contributed by atoms with Crippen LogP contribution in [0.1, 0.15) is 33.3 Å². The molecule has 118 valence electrons. The van der Waals surface area contributed by atoms with Crippen LogP contribution in [-0.4, -0.2) is 20.0 Å². The van der Waals surface area contributed by atoms with E-state index in [-0.39, 0.29) is 26.2 Å². The molecule has 1 atom stereocenters. The molecule has 0 aromatic heterocycles. The first-order valence-electron chi connectivity index (χ1n) is 6.54. The summed E-state index contributed by atoms with van der Waals surface area (Å²) in [5.41, 5.74) is 6.01. The van der Waals surface area contributed by atoms with Crippen LogP contribution in [0, 0.1) is 11.3 Å². The summed E-state index contributed by atoms with van der Waals surface area (Å²) in [6.45, 7) is 8.51. The first kappa shape index (κ1) is 18.4. The minimum atomic E-state index is -3.70. The standard InChI is InChI=1S/C14H21ClN2O2S2/c1-9(14(2,3)4)8-17-21(18,19)12-7-10(13(16)20)5-6-11(12)15/h5-7,9,17H,8H2,1-4H3,(H2,16,20). The summed E-state index contributed by atoms with van der Waals surface area (Å²) in [5.74, 6) is 0.171. The van der Waals surface area contributed by atoms with E-state index < -0.39 is 10.0 Å². The minimum Gasteiger partial charge on any atom is -0.389 e. The smallest absolute Gasteiger partial charge is 0.242 e. The van der Waals surface area contributed by atoms with E-state index in [1.54, 1.807) is 6.07 Å². The van der Waals surface area contributed by atoms with E-state index in [2.05, 4.69) is 25.5 Å². The molecule has 0 saturated heterocycles. The van der Waals surface area contributed by atoms with Crippen molar-refractivity contribution in [1.29, 1.82) is 0 Å². The topological polar surface area (TPSA) is 72.2 Å². The van der Waals surface area contributed by atoms with Crippen molar-refractivity contribution < 1.29 is 8.42 Å². The van der Waals surface area contributed by atoms with Gasteiger partial charge >= 0.3 is 0 Å². The molecular formula is C14H21ClN2O2S2. The number of hydrogen-bond acceptors (Lipinski definition) is 3. The van der Waals surface area contributed by atoms with Crippen LogP contribution in [0.2, 0.25) is 5.02 Å². The van der Waals surface area contributed by atoms with Gasteiger partial charge in [-0.25, -0.2) is 13.1 Å². The molecule has 0 radical (unpaired) electrons.